The van der Waals surface area contributed by atoms with Crippen LogP contribution < -0.4 is 5.32 Å². The van der Waals surface area contributed by atoms with Gasteiger partial charge in [0.15, 0.2) is 0 Å². The van der Waals surface area contributed by atoms with Gasteiger partial charge < -0.3 is 5.32 Å². The predicted octanol–water partition coefficient (Wildman–Crippen LogP) is 4.79. The molecule has 1 N–H and O–H groups in total. The lowest BCUT2D eigenvalue weighted by molar-refractivity contribution is 1.64. The van der Waals surface area contributed by atoms with Gasteiger partial charge in [0, 0.05) is 10.7 Å². The monoisotopic (exact) mass is 273 g/mol. The molecule has 0 unspecified atom stereocenters. The highest BCUT2D eigenvalue weighted by Crippen LogP contribution is 2.13. The van der Waals surface area contributed by atoms with Gasteiger partial charge in [-0.3, -0.25) is 0 Å². The fourth-order valence-electron chi connectivity index (χ4n) is 1.45. The third kappa shape index (κ3) is 3.99. The third-order valence-electron chi connectivity index (χ3n) is 2.34. The Kier molecular flexibility index (Phi) is 4.51. The minimum atomic E-state index is 0.668. The lowest BCUT2D eigenvalue weighted by Gasteiger charge is -2.03. The topological polar surface area (TPSA) is 12.0 Å². The first-order valence-electron chi connectivity index (χ1n) is 5.54. The van der Waals surface area contributed by atoms with Crippen molar-refractivity contribution in [3.8, 4) is 0 Å². The highest BCUT2D eigenvalue weighted by atomic mass is 35.5. The van der Waals surface area contributed by atoms with Gasteiger partial charge in [-0.05, 0) is 35.9 Å². The number of rotatable bonds is 3. The fraction of sp³-hybridized carbons (Fsp3) is 0. The molecule has 0 atom stereocenters. The van der Waals surface area contributed by atoms with E-state index in [-0.39, 0.29) is 0 Å². The quantitative estimate of drug-likeness (QED) is 0.637. The van der Waals surface area contributed by atoms with Crippen molar-refractivity contribution in [3.63, 3.8) is 0 Å². The van der Waals surface area contributed by atoms with Gasteiger partial charge in [0.25, 0.3) is 0 Å². The molecule has 2 aromatic carbocycles. The molecule has 3 heteroatoms. The summed E-state index contributed by atoms with van der Waals surface area (Å²) < 4.78 is 0. The Hall–Kier alpha value is -1.64. The first-order chi connectivity index (χ1) is 8.74. The second-order valence-corrected chi connectivity index (χ2v) is 4.62. The predicted molar refractivity (Wildman–Crippen MR) is 83.1 cm³/mol. The average Bonchev–Trinajstić information content (AvgIpc) is 2.40. The lowest BCUT2D eigenvalue weighted by atomic mass is 10.2. The Labute approximate surface area is 117 Å². The van der Waals surface area contributed by atoms with Crippen LogP contribution in [0.5, 0.6) is 0 Å². The number of benzene rings is 2. The van der Waals surface area contributed by atoms with Gasteiger partial charge in [-0.1, -0.05) is 60.2 Å². The molecule has 90 valence electrons. The molecule has 0 fully saturated rings. The molecule has 0 radical (unpaired) electrons. The highest BCUT2D eigenvalue weighted by molar-refractivity contribution is 7.81. The minimum absolute atomic E-state index is 0.668. The molecule has 0 amide bonds. The summed E-state index contributed by atoms with van der Waals surface area (Å²) in [4.78, 5) is 0.668. The SMILES string of the molecule is S=C(/C=C/c1ccccc1)Nc1ccc(Cl)cc1. The maximum atomic E-state index is 5.81. The van der Waals surface area contributed by atoms with Crippen molar-refractivity contribution in [2.45, 2.75) is 0 Å². The smallest absolute Gasteiger partial charge is 0.103 e. The highest BCUT2D eigenvalue weighted by Gasteiger charge is 1.94. The number of hydrogen-bond donors (Lipinski definition) is 1. The zero-order valence-corrected chi connectivity index (χ0v) is 11.2. The summed E-state index contributed by atoms with van der Waals surface area (Å²) in [5.41, 5.74) is 2.06. The zero-order chi connectivity index (χ0) is 12.8. The Balaban J connectivity index is 1.97. The van der Waals surface area contributed by atoms with Crippen LogP contribution in [0.2, 0.25) is 5.02 Å². The van der Waals surface area contributed by atoms with E-state index in [1.165, 1.54) is 0 Å². The third-order valence-corrected chi connectivity index (χ3v) is 2.83. The van der Waals surface area contributed by atoms with Gasteiger partial charge in [0.1, 0.15) is 4.99 Å². The maximum absolute atomic E-state index is 5.81. The van der Waals surface area contributed by atoms with E-state index < -0.39 is 0 Å². The van der Waals surface area contributed by atoms with E-state index in [2.05, 4.69) is 5.32 Å². The van der Waals surface area contributed by atoms with Crippen LogP contribution in [0.15, 0.2) is 60.7 Å². The van der Waals surface area contributed by atoms with E-state index in [9.17, 15) is 0 Å². The molecule has 2 rings (SSSR count). The minimum Gasteiger partial charge on any atom is -0.347 e. The van der Waals surface area contributed by atoms with E-state index >= 15 is 0 Å². The van der Waals surface area contributed by atoms with Crippen LogP contribution in [-0.4, -0.2) is 4.99 Å². The summed E-state index contributed by atoms with van der Waals surface area (Å²) in [6.07, 6.45) is 3.85. The van der Waals surface area contributed by atoms with Gasteiger partial charge in [-0.25, -0.2) is 0 Å². The number of hydrogen-bond acceptors (Lipinski definition) is 1. The van der Waals surface area contributed by atoms with Gasteiger partial charge in [-0.2, -0.15) is 0 Å². The second-order valence-electron chi connectivity index (χ2n) is 3.74. The molecule has 0 bridgehead atoms. The molecule has 1 nitrogen and oxygen atoms in total. The Morgan fingerprint density at radius 1 is 1.00 bits per heavy atom. The van der Waals surface area contributed by atoms with Gasteiger partial charge in [0.05, 0.1) is 0 Å². The van der Waals surface area contributed by atoms with Crippen molar-refractivity contribution in [2.24, 2.45) is 0 Å². The van der Waals surface area contributed by atoms with Crippen LogP contribution in [0, 0.1) is 0 Å². The van der Waals surface area contributed by atoms with Gasteiger partial charge >= 0.3 is 0 Å². The normalized spacial score (nSPS) is 10.5. The van der Waals surface area contributed by atoms with E-state index in [1.54, 1.807) is 0 Å². The number of thiocarbonyl (C=S) groups is 1. The van der Waals surface area contributed by atoms with Crippen molar-refractivity contribution >= 4 is 40.6 Å². The van der Waals surface area contributed by atoms with Gasteiger partial charge in [-0.15, -0.1) is 0 Å². The zero-order valence-electron chi connectivity index (χ0n) is 9.64. The van der Waals surface area contributed by atoms with Crippen LogP contribution in [-0.2, 0) is 0 Å². The summed E-state index contributed by atoms with van der Waals surface area (Å²) >= 11 is 11.1. The van der Waals surface area contributed by atoms with E-state index in [0.29, 0.717) is 10.0 Å². The first-order valence-corrected chi connectivity index (χ1v) is 6.32. The van der Waals surface area contributed by atoms with Crippen molar-refractivity contribution < 1.29 is 0 Å². The molecule has 0 heterocycles. The van der Waals surface area contributed by atoms with Crippen molar-refractivity contribution in [2.75, 3.05) is 5.32 Å². The average molecular weight is 274 g/mol. The van der Waals surface area contributed by atoms with E-state index in [4.69, 9.17) is 23.8 Å². The van der Waals surface area contributed by atoms with Crippen LogP contribution in [0.25, 0.3) is 6.08 Å². The molecule has 0 aliphatic heterocycles. The fourth-order valence-corrected chi connectivity index (χ4v) is 1.77. The Morgan fingerprint density at radius 2 is 1.67 bits per heavy atom. The van der Waals surface area contributed by atoms with E-state index in [1.807, 2.05) is 66.7 Å². The molecule has 0 aromatic heterocycles. The maximum Gasteiger partial charge on any atom is 0.103 e. The van der Waals surface area contributed by atoms with E-state index in [0.717, 1.165) is 11.3 Å². The van der Waals surface area contributed by atoms with Crippen molar-refractivity contribution in [1.29, 1.82) is 0 Å². The molecule has 18 heavy (non-hydrogen) atoms. The Bertz CT molecular complexity index is 546. The molecular weight excluding hydrogens is 262 g/mol. The van der Waals surface area contributed by atoms with Crippen LogP contribution in [0.4, 0.5) is 5.69 Å². The Morgan fingerprint density at radius 3 is 2.33 bits per heavy atom. The standard InChI is InChI=1S/C15H12ClNS/c16-13-7-9-14(10-8-13)17-15(18)11-6-12-4-2-1-3-5-12/h1-11H,(H,17,18)/b11-6+. The molecule has 0 spiro atoms. The lowest BCUT2D eigenvalue weighted by Crippen LogP contribution is -2.04. The molecule has 0 aliphatic rings. The summed E-state index contributed by atoms with van der Waals surface area (Å²) in [5, 5.41) is 3.84. The number of anilines is 1. The number of halogens is 1. The molecule has 0 saturated carbocycles. The molecule has 2 aromatic rings. The van der Waals surface area contributed by atoms with Gasteiger partial charge in [0.2, 0.25) is 0 Å². The van der Waals surface area contributed by atoms with Crippen LogP contribution in [0.1, 0.15) is 5.56 Å². The van der Waals surface area contributed by atoms with Crippen LogP contribution >= 0.6 is 23.8 Å². The second kappa shape index (κ2) is 6.34. The molecular formula is C15H12ClNS. The first kappa shape index (κ1) is 12.8. The summed E-state index contributed by atoms with van der Waals surface area (Å²) in [5.74, 6) is 0. The summed E-state index contributed by atoms with van der Waals surface area (Å²) in [6.45, 7) is 0. The molecule has 0 saturated heterocycles. The molecule has 0 aliphatic carbocycles. The van der Waals surface area contributed by atoms with Crippen LogP contribution in [0.3, 0.4) is 0 Å². The van der Waals surface area contributed by atoms with Crippen molar-refractivity contribution in [3.05, 3.63) is 71.3 Å². The summed E-state index contributed by atoms with van der Waals surface area (Å²) in [7, 11) is 0. The van der Waals surface area contributed by atoms with Crippen molar-refractivity contribution in [1.82, 2.24) is 0 Å². The largest absolute Gasteiger partial charge is 0.347 e. The summed E-state index contributed by atoms with van der Waals surface area (Å²) in [6, 6.07) is 17.5. The number of nitrogens with one attached hydrogen (secondary N) is 1.